The predicted molar refractivity (Wildman–Crippen MR) is 79.1 cm³/mol. The van der Waals surface area contributed by atoms with Gasteiger partial charge >= 0.3 is 5.69 Å². The van der Waals surface area contributed by atoms with Gasteiger partial charge in [0.05, 0.1) is 11.2 Å². The summed E-state index contributed by atoms with van der Waals surface area (Å²) in [6, 6.07) is 1.33. The van der Waals surface area contributed by atoms with Crippen molar-refractivity contribution in [3.63, 3.8) is 0 Å². The van der Waals surface area contributed by atoms with E-state index in [0.29, 0.717) is 4.47 Å². The monoisotopic (exact) mass is 366 g/mol. The Hall–Kier alpha value is -1.26. The Kier molecular flexibility index (Phi) is 5.05. The third kappa shape index (κ3) is 5.39. The van der Waals surface area contributed by atoms with Gasteiger partial charge in [-0.3, -0.25) is 10.1 Å². The van der Waals surface area contributed by atoms with E-state index in [-0.39, 0.29) is 18.1 Å². The molecule has 0 aromatic carbocycles. The van der Waals surface area contributed by atoms with Crippen molar-refractivity contribution in [2.75, 3.05) is 18.1 Å². The lowest BCUT2D eigenvalue weighted by atomic mass is 10.1. The molecule has 8 nitrogen and oxygen atoms in total. The Morgan fingerprint density at radius 3 is 2.60 bits per heavy atom. The van der Waals surface area contributed by atoms with E-state index < -0.39 is 20.5 Å². The number of nitrogens with zero attached hydrogens (tertiary/aromatic N) is 2. The van der Waals surface area contributed by atoms with Crippen molar-refractivity contribution >= 4 is 37.5 Å². The van der Waals surface area contributed by atoms with Gasteiger partial charge in [0.2, 0.25) is 15.8 Å². The van der Waals surface area contributed by atoms with Gasteiger partial charge in [-0.25, -0.2) is 18.1 Å². The summed E-state index contributed by atoms with van der Waals surface area (Å²) in [6.45, 7) is 3.47. The van der Waals surface area contributed by atoms with Crippen LogP contribution in [0.15, 0.2) is 16.7 Å². The molecule has 1 aromatic heterocycles. The van der Waals surface area contributed by atoms with Crippen molar-refractivity contribution in [3.05, 3.63) is 26.9 Å². The Bertz CT molecular complexity index is 618. The molecule has 1 aromatic rings. The number of nitro groups is 1. The van der Waals surface area contributed by atoms with Crippen LogP contribution in [0, 0.1) is 10.1 Å². The first-order valence-electron chi connectivity index (χ1n) is 5.53. The fourth-order valence-corrected chi connectivity index (χ4v) is 2.94. The number of pyridine rings is 1. The molecule has 0 fully saturated rings. The number of hydrogen-bond donors (Lipinski definition) is 2. The van der Waals surface area contributed by atoms with Crippen LogP contribution in [-0.4, -0.2) is 36.7 Å². The second-order valence-electron chi connectivity index (χ2n) is 4.89. The first kappa shape index (κ1) is 16.8. The second kappa shape index (κ2) is 6.02. The molecule has 20 heavy (non-hydrogen) atoms. The molecule has 0 amide bonds. The summed E-state index contributed by atoms with van der Waals surface area (Å²) in [4.78, 5) is 14.3. The van der Waals surface area contributed by atoms with Crippen LogP contribution in [-0.2, 0) is 10.0 Å². The SMILES string of the molecule is CC(C)(CNc1ncc(Br)cc1[N+](=O)[O-])NS(C)(=O)=O. The number of halogens is 1. The molecule has 112 valence electrons. The Morgan fingerprint density at radius 1 is 1.50 bits per heavy atom. The average Bonchev–Trinajstić information content (AvgIpc) is 2.23. The van der Waals surface area contributed by atoms with Crippen molar-refractivity contribution in [1.29, 1.82) is 0 Å². The molecule has 0 aliphatic carbocycles. The lowest BCUT2D eigenvalue weighted by Gasteiger charge is -2.25. The standard InChI is InChI=1S/C10H15BrN4O4S/c1-10(2,14-20(3,18)19)6-13-9-8(15(16)17)4-7(11)5-12-9/h4-5,14H,6H2,1-3H3,(H,12,13). The van der Waals surface area contributed by atoms with Crippen LogP contribution in [0.5, 0.6) is 0 Å². The molecule has 0 atom stereocenters. The summed E-state index contributed by atoms with van der Waals surface area (Å²) >= 11 is 3.11. The summed E-state index contributed by atoms with van der Waals surface area (Å²) in [7, 11) is -3.37. The minimum absolute atomic E-state index is 0.0848. The van der Waals surface area contributed by atoms with Gasteiger partial charge in [-0.1, -0.05) is 0 Å². The summed E-state index contributed by atoms with van der Waals surface area (Å²) in [5, 5.41) is 13.7. The van der Waals surface area contributed by atoms with Gasteiger partial charge in [-0.2, -0.15) is 0 Å². The first-order chi connectivity index (χ1) is 9.00. The highest BCUT2D eigenvalue weighted by Crippen LogP contribution is 2.25. The van der Waals surface area contributed by atoms with Crippen molar-refractivity contribution in [2.45, 2.75) is 19.4 Å². The Labute approximate surface area is 125 Å². The zero-order chi connectivity index (χ0) is 15.6. The highest BCUT2D eigenvalue weighted by Gasteiger charge is 2.24. The smallest absolute Gasteiger partial charge is 0.312 e. The molecule has 0 aliphatic rings. The van der Waals surface area contributed by atoms with Gasteiger partial charge in [0.1, 0.15) is 0 Å². The van der Waals surface area contributed by atoms with E-state index in [9.17, 15) is 18.5 Å². The van der Waals surface area contributed by atoms with Crippen LogP contribution in [0.1, 0.15) is 13.8 Å². The fourth-order valence-electron chi connectivity index (χ4n) is 1.55. The summed E-state index contributed by atoms with van der Waals surface area (Å²) in [6.07, 6.45) is 2.47. The van der Waals surface area contributed by atoms with Crippen LogP contribution in [0.3, 0.4) is 0 Å². The van der Waals surface area contributed by atoms with Crippen molar-refractivity contribution in [2.24, 2.45) is 0 Å². The maximum Gasteiger partial charge on any atom is 0.312 e. The van der Waals surface area contributed by atoms with Crippen LogP contribution < -0.4 is 10.0 Å². The van der Waals surface area contributed by atoms with Crippen molar-refractivity contribution in [3.8, 4) is 0 Å². The Balaban J connectivity index is 2.87. The number of nitrogens with one attached hydrogen (secondary N) is 2. The van der Waals surface area contributed by atoms with Crippen LogP contribution >= 0.6 is 15.9 Å². The highest BCUT2D eigenvalue weighted by molar-refractivity contribution is 9.10. The second-order valence-corrected chi connectivity index (χ2v) is 7.55. The minimum atomic E-state index is -3.37. The molecular weight excluding hydrogens is 352 g/mol. The van der Waals surface area contributed by atoms with Crippen LogP contribution in [0.2, 0.25) is 0 Å². The van der Waals surface area contributed by atoms with E-state index in [2.05, 4.69) is 31.0 Å². The molecule has 2 N–H and O–H groups in total. The van der Waals surface area contributed by atoms with Crippen LogP contribution in [0.4, 0.5) is 11.5 Å². The molecule has 0 saturated heterocycles. The number of rotatable bonds is 6. The van der Waals surface area contributed by atoms with E-state index in [1.165, 1.54) is 12.3 Å². The molecule has 10 heteroatoms. The molecule has 0 bridgehead atoms. The number of hydrogen-bond acceptors (Lipinski definition) is 6. The lowest BCUT2D eigenvalue weighted by molar-refractivity contribution is -0.384. The third-order valence-electron chi connectivity index (χ3n) is 2.19. The predicted octanol–water partition coefficient (Wildman–Crippen LogP) is 1.49. The fraction of sp³-hybridized carbons (Fsp3) is 0.500. The molecule has 0 spiro atoms. The first-order valence-corrected chi connectivity index (χ1v) is 8.21. The summed E-state index contributed by atoms with van der Waals surface area (Å²) in [5.74, 6) is 0.0848. The van der Waals surface area contributed by atoms with E-state index in [1.807, 2.05) is 0 Å². The van der Waals surface area contributed by atoms with Gasteiger partial charge in [0.25, 0.3) is 0 Å². The molecule has 0 radical (unpaired) electrons. The van der Waals surface area contributed by atoms with Crippen molar-refractivity contribution in [1.82, 2.24) is 9.71 Å². The van der Waals surface area contributed by atoms with Crippen LogP contribution in [0.25, 0.3) is 0 Å². The largest absolute Gasteiger partial charge is 0.362 e. The van der Waals surface area contributed by atoms with E-state index in [4.69, 9.17) is 0 Å². The molecular formula is C10H15BrN4O4S. The van der Waals surface area contributed by atoms with Crippen molar-refractivity contribution < 1.29 is 13.3 Å². The Morgan fingerprint density at radius 2 is 2.10 bits per heavy atom. The van der Waals surface area contributed by atoms with Gasteiger partial charge < -0.3 is 5.32 Å². The average molecular weight is 367 g/mol. The number of anilines is 1. The van der Waals surface area contributed by atoms with Gasteiger partial charge in [0.15, 0.2) is 0 Å². The zero-order valence-electron chi connectivity index (χ0n) is 11.2. The van der Waals surface area contributed by atoms with E-state index >= 15 is 0 Å². The quantitative estimate of drug-likeness (QED) is 0.582. The summed E-state index contributed by atoms with van der Waals surface area (Å²) < 4.78 is 25.3. The third-order valence-corrected chi connectivity index (χ3v) is 3.55. The minimum Gasteiger partial charge on any atom is -0.362 e. The zero-order valence-corrected chi connectivity index (χ0v) is 13.6. The molecule has 0 saturated carbocycles. The van der Waals surface area contributed by atoms with Gasteiger partial charge in [-0.05, 0) is 29.8 Å². The molecule has 0 aliphatic heterocycles. The highest BCUT2D eigenvalue weighted by atomic mass is 79.9. The summed E-state index contributed by atoms with van der Waals surface area (Å²) in [5.41, 5.74) is -0.995. The van der Waals surface area contributed by atoms with E-state index in [1.54, 1.807) is 13.8 Å². The van der Waals surface area contributed by atoms with Gasteiger partial charge in [0, 0.05) is 28.8 Å². The molecule has 1 heterocycles. The number of sulfonamides is 1. The molecule has 1 rings (SSSR count). The normalized spacial score (nSPS) is 12.2. The lowest BCUT2D eigenvalue weighted by Crippen LogP contribution is -2.47. The molecule has 0 unspecified atom stereocenters. The maximum absolute atomic E-state index is 11.2. The maximum atomic E-state index is 11.2. The topological polar surface area (TPSA) is 114 Å². The van der Waals surface area contributed by atoms with Gasteiger partial charge in [-0.15, -0.1) is 0 Å². The van der Waals surface area contributed by atoms with E-state index in [0.717, 1.165) is 6.26 Å². The number of aromatic nitrogens is 1.